The zero-order valence-corrected chi connectivity index (χ0v) is 20.0. The Morgan fingerprint density at radius 3 is 2.66 bits per heavy atom. The fourth-order valence-electron chi connectivity index (χ4n) is 4.89. The Kier molecular flexibility index (Phi) is 5.91. The van der Waals surface area contributed by atoms with Crippen molar-refractivity contribution in [2.24, 2.45) is 11.8 Å². The average Bonchev–Trinajstić information content (AvgIpc) is 3.33. The first-order valence-corrected chi connectivity index (χ1v) is 12.2. The molecule has 1 aliphatic heterocycles. The molecule has 3 atom stereocenters. The van der Waals surface area contributed by atoms with E-state index in [1.165, 1.54) is 23.5 Å². The van der Waals surface area contributed by atoms with Crippen molar-refractivity contribution in [3.8, 4) is 10.4 Å². The number of rotatable bonds is 5. The van der Waals surface area contributed by atoms with Gasteiger partial charge in [0.15, 0.2) is 0 Å². The second kappa shape index (κ2) is 8.78. The zero-order valence-electron chi connectivity index (χ0n) is 19.2. The largest absolute Gasteiger partial charge is 0.416 e. The highest BCUT2D eigenvalue weighted by molar-refractivity contribution is 7.15. The number of carbonyl (C=O) groups is 2. The van der Waals surface area contributed by atoms with Crippen molar-refractivity contribution in [1.82, 2.24) is 15.2 Å². The van der Waals surface area contributed by atoms with E-state index in [0.29, 0.717) is 18.2 Å². The molecule has 2 aromatic carbocycles. The number of nitrogens with zero attached hydrogens (tertiary/aromatic N) is 2. The van der Waals surface area contributed by atoms with Crippen LogP contribution in [0.2, 0.25) is 0 Å². The van der Waals surface area contributed by atoms with Crippen LogP contribution in [0.5, 0.6) is 0 Å². The number of hydrogen-bond donors (Lipinski definition) is 1. The Bertz CT molecular complexity index is 1300. The molecule has 0 radical (unpaired) electrons. The molecule has 0 bridgehead atoms. The first-order chi connectivity index (χ1) is 16.6. The normalized spacial score (nSPS) is 21.1. The predicted octanol–water partition coefficient (Wildman–Crippen LogP) is 5.34. The van der Waals surface area contributed by atoms with Crippen molar-refractivity contribution < 1.29 is 22.8 Å². The maximum atomic E-state index is 13.6. The summed E-state index contributed by atoms with van der Waals surface area (Å²) in [5.74, 6) is -0.0894. The Labute approximate surface area is 205 Å². The van der Waals surface area contributed by atoms with Gasteiger partial charge in [-0.3, -0.25) is 9.59 Å². The third-order valence-electron chi connectivity index (χ3n) is 6.70. The number of aromatic nitrogens is 1. The van der Waals surface area contributed by atoms with Crippen LogP contribution in [0.3, 0.4) is 0 Å². The average molecular weight is 500 g/mol. The standard InChI is InChI=1S/C26H24F3N3O2S/c1-14-5-3-6-16(9-14)23-22(31-15(2)35-23)25(34)32-13-18-11-20(18)21(32)12-30-24(33)17-7-4-8-19(10-17)26(27,28)29/h3-10,18,20-21H,11-13H2,1-2H3,(H,30,33)/t18-,20?,21-/m1/s1. The second-order valence-electron chi connectivity index (χ2n) is 9.25. The van der Waals surface area contributed by atoms with Gasteiger partial charge in [-0.15, -0.1) is 11.3 Å². The lowest BCUT2D eigenvalue weighted by molar-refractivity contribution is -0.137. The number of thiazole rings is 1. The molecule has 0 spiro atoms. The quantitative estimate of drug-likeness (QED) is 0.516. The summed E-state index contributed by atoms with van der Waals surface area (Å²) in [6.07, 6.45) is -3.54. The summed E-state index contributed by atoms with van der Waals surface area (Å²) >= 11 is 1.48. The van der Waals surface area contributed by atoms with Crippen molar-refractivity contribution in [2.75, 3.05) is 13.1 Å². The Hall–Kier alpha value is -3.20. The number of carbonyl (C=O) groups excluding carboxylic acids is 2. The third-order valence-corrected chi connectivity index (χ3v) is 7.72. The topological polar surface area (TPSA) is 62.3 Å². The molecule has 35 heavy (non-hydrogen) atoms. The van der Waals surface area contributed by atoms with Gasteiger partial charge in [0.25, 0.3) is 11.8 Å². The molecule has 2 aliphatic rings. The summed E-state index contributed by atoms with van der Waals surface area (Å²) in [7, 11) is 0. The van der Waals surface area contributed by atoms with Gasteiger partial charge in [0.2, 0.25) is 0 Å². The van der Waals surface area contributed by atoms with Crippen LogP contribution in [0.25, 0.3) is 10.4 Å². The van der Waals surface area contributed by atoms with E-state index in [1.54, 1.807) is 4.90 Å². The van der Waals surface area contributed by atoms with Crippen LogP contribution in [-0.4, -0.2) is 40.8 Å². The molecule has 2 fully saturated rings. The number of fused-ring (bicyclic) bond motifs is 1. The maximum Gasteiger partial charge on any atom is 0.416 e. The van der Waals surface area contributed by atoms with E-state index in [4.69, 9.17) is 0 Å². The number of amides is 2. The molecule has 1 saturated carbocycles. The van der Waals surface area contributed by atoms with E-state index in [9.17, 15) is 22.8 Å². The van der Waals surface area contributed by atoms with E-state index in [1.807, 2.05) is 38.1 Å². The van der Waals surface area contributed by atoms with Crippen LogP contribution in [0.4, 0.5) is 13.2 Å². The maximum absolute atomic E-state index is 13.6. The van der Waals surface area contributed by atoms with Gasteiger partial charge in [0, 0.05) is 18.7 Å². The summed E-state index contributed by atoms with van der Waals surface area (Å²) in [5, 5.41) is 3.55. The number of likely N-dealkylation sites (tertiary alicyclic amines) is 1. The summed E-state index contributed by atoms with van der Waals surface area (Å²) in [5.41, 5.74) is 1.52. The minimum absolute atomic E-state index is 0.0556. The first-order valence-electron chi connectivity index (χ1n) is 11.4. The van der Waals surface area contributed by atoms with Crippen LogP contribution < -0.4 is 5.32 Å². The summed E-state index contributed by atoms with van der Waals surface area (Å²) < 4.78 is 39.1. The Morgan fingerprint density at radius 2 is 1.91 bits per heavy atom. The van der Waals surface area contributed by atoms with Crippen molar-refractivity contribution in [1.29, 1.82) is 0 Å². The van der Waals surface area contributed by atoms with Gasteiger partial charge in [-0.2, -0.15) is 13.2 Å². The van der Waals surface area contributed by atoms with Gasteiger partial charge in [0.05, 0.1) is 21.5 Å². The molecule has 2 heterocycles. The highest BCUT2D eigenvalue weighted by Gasteiger charge is 2.54. The molecule has 3 aromatic rings. The fourth-order valence-corrected chi connectivity index (χ4v) is 5.80. The first kappa shape index (κ1) is 23.5. The monoisotopic (exact) mass is 499 g/mol. The van der Waals surface area contributed by atoms with Crippen LogP contribution in [0.1, 0.15) is 43.4 Å². The number of nitrogens with one attached hydrogen (secondary N) is 1. The molecule has 182 valence electrons. The smallest absolute Gasteiger partial charge is 0.350 e. The Morgan fingerprint density at radius 1 is 1.14 bits per heavy atom. The summed E-state index contributed by atoms with van der Waals surface area (Å²) in [4.78, 5) is 33.4. The lowest BCUT2D eigenvalue weighted by atomic mass is 10.1. The number of hydrogen-bond acceptors (Lipinski definition) is 4. The van der Waals surface area contributed by atoms with Crippen molar-refractivity contribution >= 4 is 23.2 Å². The van der Waals surface area contributed by atoms with Crippen molar-refractivity contribution in [2.45, 2.75) is 32.5 Å². The zero-order chi connectivity index (χ0) is 24.9. The summed E-state index contributed by atoms with van der Waals surface area (Å²) in [6, 6.07) is 12.1. The van der Waals surface area contributed by atoms with Crippen molar-refractivity contribution in [3.63, 3.8) is 0 Å². The highest BCUT2D eigenvalue weighted by atomic mass is 32.1. The molecule has 1 N–H and O–H groups in total. The third kappa shape index (κ3) is 4.69. The van der Waals surface area contributed by atoms with Gasteiger partial charge in [0.1, 0.15) is 5.69 Å². The van der Waals surface area contributed by atoms with Gasteiger partial charge in [-0.25, -0.2) is 4.98 Å². The molecule has 1 aliphatic carbocycles. The molecule has 1 unspecified atom stereocenters. The molecule has 5 nitrogen and oxygen atoms in total. The van der Waals surface area contributed by atoms with Gasteiger partial charge in [-0.05, 0) is 55.9 Å². The number of benzene rings is 2. The lowest BCUT2D eigenvalue weighted by Crippen LogP contribution is -2.45. The molecule has 5 rings (SSSR count). The highest BCUT2D eigenvalue weighted by Crippen LogP contribution is 2.50. The number of aryl methyl sites for hydroxylation is 2. The molecule has 1 aromatic heterocycles. The van der Waals surface area contributed by atoms with E-state index >= 15 is 0 Å². The minimum atomic E-state index is -4.52. The second-order valence-corrected chi connectivity index (χ2v) is 10.5. The summed E-state index contributed by atoms with van der Waals surface area (Å²) in [6.45, 7) is 4.65. The number of piperidine rings is 1. The van der Waals surface area contributed by atoms with Crippen LogP contribution in [0.15, 0.2) is 48.5 Å². The van der Waals surface area contributed by atoms with E-state index < -0.39 is 17.6 Å². The van der Waals surface area contributed by atoms with E-state index in [0.717, 1.165) is 39.6 Å². The molecular formula is C26H24F3N3O2S. The SMILES string of the molecule is Cc1cccc(-c2sc(C)nc2C(=O)N2C[C@H]3CC3[C@H]2CNC(=O)c2cccc(C(F)(F)F)c2)c1. The van der Waals surface area contributed by atoms with E-state index in [-0.39, 0.29) is 30.0 Å². The minimum Gasteiger partial charge on any atom is -0.350 e. The molecular weight excluding hydrogens is 475 g/mol. The van der Waals surface area contributed by atoms with Gasteiger partial charge in [-0.1, -0.05) is 35.9 Å². The lowest BCUT2D eigenvalue weighted by Gasteiger charge is -2.27. The molecule has 1 saturated heterocycles. The van der Waals surface area contributed by atoms with E-state index in [2.05, 4.69) is 10.3 Å². The predicted molar refractivity (Wildman–Crippen MR) is 127 cm³/mol. The van der Waals surface area contributed by atoms with Crippen LogP contribution in [0, 0.1) is 25.7 Å². The van der Waals surface area contributed by atoms with Gasteiger partial charge >= 0.3 is 6.18 Å². The fraction of sp³-hybridized carbons (Fsp3) is 0.346. The Balaban J connectivity index is 1.34. The van der Waals surface area contributed by atoms with Crippen LogP contribution >= 0.6 is 11.3 Å². The molecule has 9 heteroatoms. The van der Waals surface area contributed by atoms with Crippen LogP contribution in [-0.2, 0) is 6.18 Å². The number of halogens is 3. The molecule has 2 amide bonds. The number of alkyl halides is 3. The van der Waals surface area contributed by atoms with Crippen molar-refractivity contribution in [3.05, 3.63) is 75.9 Å². The van der Waals surface area contributed by atoms with Gasteiger partial charge < -0.3 is 10.2 Å².